The van der Waals surface area contributed by atoms with E-state index >= 15 is 0 Å². The van der Waals surface area contributed by atoms with Crippen LogP contribution in [0, 0.1) is 0 Å². The number of methoxy groups -OCH3 is 2. The summed E-state index contributed by atoms with van der Waals surface area (Å²) in [7, 11) is 2.46. The Balaban J connectivity index is 1.87. The van der Waals surface area contributed by atoms with Crippen molar-refractivity contribution in [1.29, 1.82) is 0 Å². The van der Waals surface area contributed by atoms with E-state index in [1.54, 1.807) is 11.8 Å². The van der Waals surface area contributed by atoms with E-state index in [0.29, 0.717) is 6.54 Å². The molecule has 2 rings (SSSR count). The lowest BCUT2D eigenvalue weighted by atomic mass is 10.1. The first-order chi connectivity index (χ1) is 13.5. The lowest BCUT2D eigenvalue weighted by molar-refractivity contribution is -0.122. The molecule has 0 aromatic heterocycles. The summed E-state index contributed by atoms with van der Waals surface area (Å²) >= 11 is 1.63. The summed E-state index contributed by atoms with van der Waals surface area (Å²) in [6.45, 7) is 0.235. The summed E-state index contributed by atoms with van der Waals surface area (Å²) in [5.74, 6) is -0.648. The average molecular weight is 403 g/mol. The third kappa shape index (κ3) is 6.62. The average Bonchev–Trinajstić information content (AvgIpc) is 2.74. The minimum Gasteiger partial charge on any atom is -0.484 e. The van der Waals surface area contributed by atoms with Gasteiger partial charge in [0.2, 0.25) is 0 Å². The highest BCUT2D eigenvalue weighted by Gasteiger charge is 2.15. The van der Waals surface area contributed by atoms with Gasteiger partial charge in [0.1, 0.15) is 5.75 Å². The maximum Gasteiger partial charge on any atom is 0.338 e. The summed E-state index contributed by atoms with van der Waals surface area (Å²) in [6, 6.07) is 14.0. The number of nitrogens with one attached hydrogen (secondary N) is 1. The lowest BCUT2D eigenvalue weighted by Crippen LogP contribution is -2.30. The van der Waals surface area contributed by atoms with Crippen LogP contribution in [0.5, 0.6) is 5.75 Å². The normalized spacial score (nSPS) is 10.1. The topological polar surface area (TPSA) is 90.9 Å². The Morgan fingerprint density at radius 1 is 0.929 bits per heavy atom. The molecule has 0 saturated heterocycles. The van der Waals surface area contributed by atoms with Gasteiger partial charge >= 0.3 is 11.9 Å². The van der Waals surface area contributed by atoms with Crippen molar-refractivity contribution in [3.63, 3.8) is 0 Å². The van der Waals surface area contributed by atoms with Crippen LogP contribution in [0.25, 0.3) is 0 Å². The monoisotopic (exact) mass is 403 g/mol. The first-order valence-electron chi connectivity index (χ1n) is 8.42. The molecule has 0 unspecified atom stereocenters. The molecule has 0 spiro atoms. The SMILES string of the molecule is COC(=O)c1cc(OCC(=O)NCCSc2ccccc2)cc(C(=O)OC)c1. The van der Waals surface area contributed by atoms with Crippen LogP contribution in [0.15, 0.2) is 53.4 Å². The smallest absolute Gasteiger partial charge is 0.338 e. The largest absolute Gasteiger partial charge is 0.484 e. The molecule has 0 saturated carbocycles. The van der Waals surface area contributed by atoms with Gasteiger partial charge in [-0.2, -0.15) is 0 Å². The lowest BCUT2D eigenvalue weighted by Gasteiger charge is -2.10. The summed E-state index contributed by atoms with van der Waals surface area (Å²) in [5.41, 5.74) is 0.250. The molecule has 1 amide bonds. The fourth-order valence-corrected chi connectivity index (χ4v) is 3.02. The highest BCUT2D eigenvalue weighted by molar-refractivity contribution is 7.99. The van der Waals surface area contributed by atoms with E-state index in [1.807, 2.05) is 30.3 Å². The standard InChI is InChI=1S/C20H21NO6S/c1-25-19(23)14-10-15(20(24)26-2)12-16(11-14)27-13-18(22)21-8-9-28-17-6-4-3-5-7-17/h3-7,10-12H,8-9,13H2,1-2H3,(H,21,22). The highest BCUT2D eigenvalue weighted by atomic mass is 32.2. The van der Waals surface area contributed by atoms with Crippen LogP contribution >= 0.6 is 11.8 Å². The van der Waals surface area contributed by atoms with Gasteiger partial charge in [-0.3, -0.25) is 4.79 Å². The van der Waals surface area contributed by atoms with E-state index in [4.69, 9.17) is 4.74 Å². The predicted octanol–water partition coefficient (Wildman–Crippen LogP) is 2.55. The van der Waals surface area contributed by atoms with Crippen molar-refractivity contribution < 1.29 is 28.6 Å². The third-order valence-corrected chi connectivity index (χ3v) is 4.57. The molecule has 0 fully saturated rings. The van der Waals surface area contributed by atoms with Crippen LogP contribution in [0.2, 0.25) is 0 Å². The zero-order valence-corrected chi connectivity index (χ0v) is 16.4. The van der Waals surface area contributed by atoms with Crippen LogP contribution in [0.3, 0.4) is 0 Å². The van der Waals surface area contributed by atoms with E-state index in [9.17, 15) is 14.4 Å². The Labute approximate surface area is 167 Å². The fourth-order valence-electron chi connectivity index (χ4n) is 2.23. The van der Waals surface area contributed by atoms with E-state index < -0.39 is 11.9 Å². The number of esters is 2. The van der Waals surface area contributed by atoms with Gasteiger partial charge < -0.3 is 19.5 Å². The van der Waals surface area contributed by atoms with Gasteiger partial charge in [-0.1, -0.05) is 18.2 Å². The van der Waals surface area contributed by atoms with E-state index in [1.165, 1.54) is 32.4 Å². The second-order valence-electron chi connectivity index (χ2n) is 5.53. The van der Waals surface area contributed by atoms with Crippen molar-refractivity contribution in [2.75, 3.05) is 33.1 Å². The van der Waals surface area contributed by atoms with Gasteiger partial charge in [0, 0.05) is 17.2 Å². The summed E-state index contributed by atoms with van der Waals surface area (Å²) in [6.07, 6.45) is 0. The second kappa shape index (κ2) is 11.0. The number of rotatable bonds is 9. The quantitative estimate of drug-likeness (QED) is 0.391. The number of carbonyl (C=O) groups is 3. The van der Waals surface area contributed by atoms with Gasteiger partial charge in [0.15, 0.2) is 6.61 Å². The molecule has 8 heteroatoms. The molecule has 0 heterocycles. The number of ether oxygens (including phenoxy) is 3. The van der Waals surface area contributed by atoms with Gasteiger partial charge in [-0.15, -0.1) is 11.8 Å². The first kappa shape index (κ1) is 21.3. The molecule has 28 heavy (non-hydrogen) atoms. The molecular weight excluding hydrogens is 382 g/mol. The summed E-state index contributed by atoms with van der Waals surface area (Å²) < 4.78 is 14.7. The summed E-state index contributed by atoms with van der Waals surface area (Å²) in [4.78, 5) is 36.6. The number of hydrogen-bond acceptors (Lipinski definition) is 7. The molecular formula is C20H21NO6S. The summed E-state index contributed by atoms with van der Waals surface area (Å²) in [5, 5.41) is 2.75. The Morgan fingerprint density at radius 2 is 1.54 bits per heavy atom. The number of amides is 1. The van der Waals surface area contributed by atoms with Gasteiger partial charge in [-0.05, 0) is 30.3 Å². The number of hydrogen-bond donors (Lipinski definition) is 1. The van der Waals surface area contributed by atoms with Crippen molar-refractivity contribution in [3.05, 3.63) is 59.7 Å². The van der Waals surface area contributed by atoms with Crippen molar-refractivity contribution in [1.82, 2.24) is 5.32 Å². The van der Waals surface area contributed by atoms with E-state index in [-0.39, 0.29) is 29.4 Å². The minimum absolute atomic E-state index is 0.125. The molecule has 7 nitrogen and oxygen atoms in total. The van der Waals surface area contributed by atoms with Gasteiger partial charge in [-0.25, -0.2) is 9.59 Å². The van der Waals surface area contributed by atoms with Crippen molar-refractivity contribution in [2.45, 2.75) is 4.90 Å². The van der Waals surface area contributed by atoms with Crippen molar-refractivity contribution >= 4 is 29.6 Å². The molecule has 2 aromatic rings. The van der Waals surface area contributed by atoms with Crippen LogP contribution in [-0.4, -0.2) is 51.0 Å². The van der Waals surface area contributed by atoms with Gasteiger partial charge in [0.25, 0.3) is 5.91 Å². The number of benzene rings is 2. The second-order valence-corrected chi connectivity index (χ2v) is 6.70. The third-order valence-electron chi connectivity index (χ3n) is 3.55. The maximum absolute atomic E-state index is 11.9. The molecule has 0 atom stereocenters. The van der Waals surface area contributed by atoms with Gasteiger partial charge in [0.05, 0.1) is 25.3 Å². The fraction of sp³-hybridized carbons (Fsp3) is 0.250. The van der Waals surface area contributed by atoms with E-state index in [2.05, 4.69) is 14.8 Å². The minimum atomic E-state index is -0.627. The molecule has 0 aliphatic heterocycles. The molecule has 0 aliphatic rings. The highest BCUT2D eigenvalue weighted by Crippen LogP contribution is 2.19. The van der Waals surface area contributed by atoms with Crippen molar-refractivity contribution in [3.8, 4) is 5.75 Å². The van der Waals surface area contributed by atoms with Crippen molar-refractivity contribution in [2.24, 2.45) is 0 Å². The van der Waals surface area contributed by atoms with Crippen LogP contribution < -0.4 is 10.1 Å². The first-order valence-corrected chi connectivity index (χ1v) is 9.41. The Morgan fingerprint density at radius 3 is 2.11 bits per heavy atom. The van der Waals surface area contributed by atoms with E-state index in [0.717, 1.165) is 10.6 Å². The predicted molar refractivity (Wildman–Crippen MR) is 105 cm³/mol. The molecule has 2 aromatic carbocycles. The molecule has 0 aliphatic carbocycles. The maximum atomic E-state index is 11.9. The van der Waals surface area contributed by atoms with Crippen LogP contribution in [0.1, 0.15) is 20.7 Å². The van der Waals surface area contributed by atoms with Crippen LogP contribution in [-0.2, 0) is 14.3 Å². The number of thioether (sulfide) groups is 1. The zero-order chi connectivity index (χ0) is 20.4. The Hall–Kier alpha value is -3.00. The number of carbonyl (C=O) groups excluding carboxylic acids is 3. The molecule has 1 N–H and O–H groups in total. The molecule has 0 radical (unpaired) electrons. The molecule has 0 bridgehead atoms. The Kier molecular flexibility index (Phi) is 8.36. The molecule has 148 valence electrons. The zero-order valence-electron chi connectivity index (χ0n) is 15.6. The Bertz CT molecular complexity index is 790. The van der Waals surface area contributed by atoms with Crippen LogP contribution in [0.4, 0.5) is 0 Å².